The lowest BCUT2D eigenvalue weighted by Gasteiger charge is -2.13. The molecule has 0 aromatic heterocycles. The summed E-state index contributed by atoms with van der Waals surface area (Å²) in [5.41, 5.74) is 0.827. The van der Waals surface area contributed by atoms with E-state index in [0.717, 1.165) is 22.8 Å². The zero-order chi connectivity index (χ0) is 13.0. The van der Waals surface area contributed by atoms with Gasteiger partial charge in [0.1, 0.15) is 5.82 Å². The van der Waals surface area contributed by atoms with Gasteiger partial charge in [-0.2, -0.15) is 0 Å². The fourth-order valence-electron chi connectivity index (χ4n) is 1.72. The van der Waals surface area contributed by atoms with E-state index in [-0.39, 0.29) is 5.82 Å². The molecule has 0 aliphatic heterocycles. The number of nitrogens with zero attached hydrogens (tertiary/aromatic N) is 1. The van der Waals surface area contributed by atoms with Gasteiger partial charge in [0.15, 0.2) is 0 Å². The molecule has 0 atom stereocenters. The molecule has 1 fully saturated rings. The maximum atomic E-state index is 13.8. The van der Waals surface area contributed by atoms with E-state index in [2.05, 4.69) is 24.3 Å². The Bertz CT molecular complexity index is 391. The van der Waals surface area contributed by atoms with E-state index in [1.54, 1.807) is 23.9 Å². The lowest BCUT2D eigenvalue weighted by molar-refractivity contribution is 0.437. The Morgan fingerprint density at radius 1 is 1.39 bits per heavy atom. The van der Waals surface area contributed by atoms with Crippen molar-refractivity contribution in [1.29, 1.82) is 0 Å². The molecule has 2 rings (SSSR count). The van der Waals surface area contributed by atoms with Gasteiger partial charge in [0.05, 0.1) is 0 Å². The third-order valence-corrected chi connectivity index (χ3v) is 4.10. The van der Waals surface area contributed by atoms with E-state index in [4.69, 9.17) is 0 Å². The average molecular weight is 268 g/mol. The van der Waals surface area contributed by atoms with Crippen molar-refractivity contribution in [2.45, 2.75) is 30.3 Å². The van der Waals surface area contributed by atoms with Crippen molar-refractivity contribution in [3.63, 3.8) is 0 Å². The van der Waals surface area contributed by atoms with Crippen LogP contribution in [0.15, 0.2) is 23.1 Å². The Hall–Kier alpha value is -0.580. The molecule has 1 saturated carbocycles. The lowest BCUT2D eigenvalue weighted by Crippen LogP contribution is -2.17. The van der Waals surface area contributed by atoms with Crippen LogP contribution in [-0.4, -0.2) is 37.3 Å². The molecule has 0 spiro atoms. The van der Waals surface area contributed by atoms with Crippen molar-refractivity contribution in [1.82, 2.24) is 10.2 Å². The summed E-state index contributed by atoms with van der Waals surface area (Å²) in [6, 6.07) is 5.99. The molecule has 0 amide bonds. The normalized spacial score (nSPS) is 15.3. The summed E-state index contributed by atoms with van der Waals surface area (Å²) in [7, 11) is 4.11. The van der Waals surface area contributed by atoms with Crippen LogP contribution in [0, 0.1) is 5.82 Å². The number of nitrogens with one attached hydrogen (secondary N) is 1. The molecule has 0 heterocycles. The van der Waals surface area contributed by atoms with Crippen molar-refractivity contribution in [2.24, 2.45) is 0 Å². The molecular weight excluding hydrogens is 247 g/mol. The van der Waals surface area contributed by atoms with Crippen molar-refractivity contribution in [2.75, 3.05) is 26.4 Å². The molecule has 18 heavy (non-hydrogen) atoms. The Morgan fingerprint density at radius 3 is 2.83 bits per heavy atom. The minimum atomic E-state index is -0.0852. The maximum absolute atomic E-state index is 13.8. The van der Waals surface area contributed by atoms with Gasteiger partial charge in [-0.1, -0.05) is 6.07 Å². The smallest absolute Gasteiger partial charge is 0.128 e. The van der Waals surface area contributed by atoms with Crippen LogP contribution in [-0.2, 0) is 6.54 Å². The lowest BCUT2D eigenvalue weighted by atomic mass is 10.2. The molecule has 2 nitrogen and oxygen atoms in total. The molecule has 0 radical (unpaired) electrons. The Morgan fingerprint density at radius 2 is 2.17 bits per heavy atom. The molecule has 0 saturated heterocycles. The van der Waals surface area contributed by atoms with Crippen LogP contribution in [0.5, 0.6) is 0 Å². The van der Waals surface area contributed by atoms with E-state index >= 15 is 0 Å². The summed E-state index contributed by atoms with van der Waals surface area (Å²) < 4.78 is 13.8. The van der Waals surface area contributed by atoms with Crippen molar-refractivity contribution in [3.05, 3.63) is 29.6 Å². The molecule has 1 aromatic rings. The zero-order valence-corrected chi connectivity index (χ0v) is 11.9. The van der Waals surface area contributed by atoms with E-state index in [1.807, 2.05) is 6.07 Å². The summed E-state index contributed by atoms with van der Waals surface area (Å²) in [4.78, 5) is 3.22. The Kier molecular flexibility index (Phi) is 5.03. The van der Waals surface area contributed by atoms with Crippen LogP contribution in [0.1, 0.15) is 18.4 Å². The summed E-state index contributed by atoms with van der Waals surface area (Å²) >= 11 is 1.74. The second-order valence-corrected chi connectivity index (χ2v) is 6.16. The standard InChI is InChI=1S/C14H21FN2S/c1-17(2)8-9-18-14-5-3-4-13(15)12(14)10-16-11-6-7-11/h3-5,11,16H,6-10H2,1-2H3. The predicted molar refractivity (Wildman–Crippen MR) is 75.5 cm³/mol. The number of hydrogen-bond acceptors (Lipinski definition) is 3. The maximum Gasteiger partial charge on any atom is 0.128 e. The zero-order valence-electron chi connectivity index (χ0n) is 11.1. The molecule has 0 bridgehead atoms. The highest BCUT2D eigenvalue weighted by molar-refractivity contribution is 7.99. The van der Waals surface area contributed by atoms with Crippen molar-refractivity contribution in [3.8, 4) is 0 Å². The quantitative estimate of drug-likeness (QED) is 0.766. The summed E-state index contributed by atoms with van der Waals surface area (Å²) in [5.74, 6) is 0.908. The molecule has 1 N–H and O–H groups in total. The van der Waals surface area contributed by atoms with Crippen LogP contribution in [0.3, 0.4) is 0 Å². The van der Waals surface area contributed by atoms with Crippen LogP contribution in [0.2, 0.25) is 0 Å². The van der Waals surface area contributed by atoms with Gasteiger partial charge in [-0.25, -0.2) is 4.39 Å². The predicted octanol–water partition coefficient (Wildman–Crippen LogP) is 2.73. The van der Waals surface area contributed by atoms with Gasteiger partial charge in [-0.3, -0.25) is 0 Å². The Balaban J connectivity index is 1.95. The van der Waals surface area contributed by atoms with Gasteiger partial charge in [0.25, 0.3) is 0 Å². The van der Waals surface area contributed by atoms with Crippen molar-refractivity contribution < 1.29 is 4.39 Å². The van der Waals surface area contributed by atoms with Crippen molar-refractivity contribution >= 4 is 11.8 Å². The molecule has 4 heteroatoms. The molecular formula is C14H21FN2S. The number of rotatable bonds is 7. The second-order valence-electron chi connectivity index (χ2n) is 5.02. The minimum Gasteiger partial charge on any atom is -0.310 e. The summed E-state index contributed by atoms with van der Waals surface area (Å²) in [6.45, 7) is 1.66. The minimum absolute atomic E-state index is 0.0852. The SMILES string of the molecule is CN(C)CCSc1cccc(F)c1CNC1CC1. The first-order valence-corrected chi connectivity index (χ1v) is 7.43. The van der Waals surface area contributed by atoms with E-state index in [9.17, 15) is 4.39 Å². The molecule has 100 valence electrons. The van der Waals surface area contributed by atoms with Gasteiger partial charge in [0.2, 0.25) is 0 Å². The van der Waals surface area contributed by atoms with Gasteiger partial charge in [-0.05, 0) is 39.1 Å². The number of halogens is 1. The van der Waals surface area contributed by atoms with Crippen LogP contribution < -0.4 is 5.32 Å². The number of hydrogen-bond donors (Lipinski definition) is 1. The third kappa shape index (κ3) is 4.26. The first-order chi connectivity index (χ1) is 8.66. The monoisotopic (exact) mass is 268 g/mol. The van der Waals surface area contributed by atoms with E-state index in [0.29, 0.717) is 12.6 Å². The molecule has 1 aromatic carbocycles. The van der Waals surface area contributed by atoms with Gasteiger partial charge in [-0.15, -0.1) is 11.8 Å². The van der Waals surface area contributed by atoms with Gasteiger partial charge < -0.3 is 10.2 Å². The van der Waals surface area contributed by atoms with E-state index in [1.165, 1.54) is 12.8 Å². The topological polar surface area (TPSA) is 15.3 Å². The van der Waals surface area contributed by atoms with E-state index < -0.39 is 0 Å². The van der Waals surface area contributed by atoms with Crippen LogP contribution in [0.25, 0.3) is 0 Å². The highest BCUT2D eigenvalue weighted by Crippen LogP contribution is 2.26. The molecule has 1 aliphatic carbocycles. The first-order valence-electron chi connectivity index (χ1n) is 6.45. The van der Waals surface area contributed by atoms with Gasteiger partial charge in [0, 0.05) is 35.3 Å². The molecule has 0 unspecified atom stereocenters. The summed E-state index contributed by atoms with van der Waals surface area (Å²) in [5, 5.41) is 3.39. The highest BCUT2D eigenvalue weighted by atomic mass is 32.2. The summed E-state index contributed by atoms with van der Waals surface area (Å²) in [6.07, 6.45) is 2.47. The largest absolute Gasteiger partial charge is 0.310 e. The fraction of sp³-hybridized carbons (Fsp3) is 0.571. The second kappa shape index (κ2) is 6.55. The first kappa shape index (κ1) is 13.8. The highest BCUT2D eigenvalue weighted by Gasteiger charge is 2.21. The fourth-order valence-corrected chi connectivity index (χ4v) is 2.91. The number of thioether (sulfide) groups is 1. The number of benzene rings is 1. The Labute approximate surface area is 113 Å². The molecule has 1 aliphatic rings. The third-order valence-electron chi connectivity index (χ3n) is 3.02. The average Bonchev–Trinajstić information content (AvgIpc) is 3.11. The van der Waals surface area contributed by atoms with Gasteiger partial charge >= 0.3 is 0 Å². The van der Waals surface area contributed by atoms with Crippen LogP contribution in [0.4, 0.5) is 4.39 Å². The van der Waals surface area contributed by atoms with Crippen LogP contribution >= 0.6 is 11.8 Å².